The maximum atomic E-state index is 12.2. The molecule has 1 aromatic carbocycles. The van der Waals surface area contributed by atoms with Crippen molar-refractivity contribution < 1.29 is 18.3 Å². The Balaban J connectivity index is 1.52. The summed E-state index contributed by atoms with van der Waals surface area (Å²) in [4.78, 5) is 4.40. The minimum absolute atomic E-state index is 0.0129. The quantitative estimate of drug-likeness (QED) is 0.617. The lowest BCUT2D eigenvalue weighted by Gasteiger charge is -2.19. The van der Waals surface area contributed by atoms with Crippen LogP contribution in [0.3, 0.4) is 0 Å². The SMILES string of the molecule is Cn1ccnc1CN[C@@H]1CO[C@H](CNS(=O)(=O)c2ccccc2)[C@H]1O. The summed E-state index contributed by atoms with van der Waals surface area (Å²) >= 11 is 0. The topological polar surface area (TPSA) is 105 Å². The van der Waals surface area contributed by atoms with Gasteiger partial charge in [-0.15, -0.1) is 0 Å². The van der Waals surface area contributed by atoms with E-state index < -0.39 is 22.2 Å². The highest BCUT2D eigenvalue weighted by atomic mass is 32.2. The van der Waals surface area contributed by atoms with Crippen LogP contribution in [-0.4, -0.2) is 54.5 Å². The highest BCUT2D eigenvalue weighted by Gasteiger charge is 2.36. The van der Waals surface area contributed by atoms with Gasteiger partial charge < -0.3 is 19.7 Å². The molecular formula is C16H22N4O4S. The zero-order chi connectivity index (χ0) is 17.9. The largest absolute Gasteiger partial charge is 0.389 e. The Morgan fingerprint density at radius 3 is 2.80 bits per heavy atom. The number of aryl methyl sites for hydroxylation is 1. The Labute approximate surface area is 146 Å². The normalized spacial score (nSPS) is 23.8. The van der Waals surface area contributed by atoms with Crippen LogP contribution in [0.25, 0.3) is 0 Å². The monoisotopic (exact) mass is 366 g/mol. The summed E-state index contributed by atoms with van der Waals surface area (Å²) in [6.07, 6.45) is 2.15. The van der Waals surface area contributed by atoms with Crippen LogP contribution in [0.4, 0.5) is 0 Å². The van der Waals surface area contributed by atoms with Crippen LogP contribution in [0.2, 0.25) is 0 Å². The van der Waals surface area contributed by atoms with Crippen LogP contribution in [0.15, 0.2) is 47.6 Å². The van der Waals surface area contributed by atoms with Gasteiger partial charge in [0.1, 0.15) is 5.82 Å². The number of rotatable bonds is 7. The van der Waals surface area contributed by atoms with Crippen LogP contribution < -0.4 is 10.0 Å². The molecule has 1 aliphatic heterocycles. The average molecular weight is 366 g/mol. The van der Waals surface area contributed by atoms with Crippen molar-refractivity contribution in [3.05, 3.63) is 48.5 Å². The molecule has 1 fully saturated rings. The summed E-state index contributed by atoms with van der Waals surface area (Å²) in [5, 5.41) is 13.6. The van der Waals surface area contributed by atoms with E-state index in [0.29, 0.717) is 13.2 Å². The number of aliphatic hydroxyl groups excluding tert-OH is 1. The summed E-state index contributed by atoms with van der Waals surface area (Å²) < 4.78 is 34.4. The number of hydrogen-bond donors (Lipinski definition) is 3. The van der Waals surface area contributed by atoms with Crippen LogP contribution >= 0.6 is 0 Å². The number of nitrogens with zero attached hydrogens (tertiary/aromatic N) is 2. The van der Waals surface area contributed by atoms with Crippen molar-refractivity contribution in [3.63, 3.8) is 0 Å². The first kappa shape index (κ1) is 18.0. The first-order valence-electron chi connectivity index (χ1n) is 8.01. The maximum Gasteiger partial charge on any atom is 0.240 e. The second-order valence-electron chi connectivity index (χ2n) is 5.97. The van der Waals surface area contributed by atoms with E-state index in [9.17, 15) is 13.5 Å². The molecule has 1 aliphatic rings. The van der Waals surface area contributed by atoms with Crippen molar-refractivity contribution in [2.75, 3.05) is 13.2 Å². The predicted octanol–water partition coefficient (Wildman–Crippen LogP) is -0.383. The molecule has 2 aromatic rings. The summed E-state index contributed by atoms with van der Waals surface area (Å²) in [7, 11) is -1.72. The molecule has 1 saturated heterocycles. The minimum Gasteiger partial charge on any atom is -0.389 e. The van der Waals surface area contributed by atoms with E-state index >= 15 is 0 Å². The van der Waals surface area contributed by atoms with Gasteiger partial charge in [-0.3, -0.25) is 0 Å². The summed E-state index contributed by atoms with van der Waals surface area (Å²) in [5.74, 6) is 0.848. The fraction of sp³-hybridized carbons (Fsp3) is 0.438. The van der Waals surface area contributed by atoms with Crippen molar-refractivity contribution in [1.82, 2.24) is 19.6 Å². The lowest BCUT2D eigenvalue weighted by molar-refractivity contribution is 0.0443. The average Bonchev–Trinajstić information content (AvgIpc) is 3.18. The highest BCUT2D eigenvalue weighted by molar-refractivity contribution is 7.89. The number of ether oxygens (including phenoxy) is 1. The first-order chi connectivity index (χ1) is 12.0. The second-order valence-corrected chi connectivity index (χ2v) is 7.74. The van der Waals surface area contributed by atoms with Gasteiger partial charge in [-0.1, -0.05) is 18.2 Å². The molecule has 0 saturated carbocycles. The fourth-order valence-corrected chi connectivity index (χ4v) is 3.77. The van der Waals surface area contributed by atoms with Gasteiger partial charge in [0.2, 0.25) is 10.0 Å². The molecule has 2 heterocycles. The fourth-order valence-electron chi connectivity index (χ4n) is 2.71. The van der Waals surface area contributed by atoms with Gasteiger partial charge in [0.15, 0.2) is 0 Å². The van der Waals surface area contributed by atoms with E-state index in [-0.39, 0.29) is 17.5 Å². The zero-order valence-electron chi connectivity index (χ0n) is 13.9. The van der Waals surface area contributed by atoms with Crippen molar-refractivity contribution >= 4 is 10.0 Å². The molecule has 8 nitrogen and oxygen atoms in total. The highest BCUT2D eigenvalue weighted by Crippen LogP contribution is 2.16. The van der Waals surface area contributed by atoms with Gasteiger partial charge in [0, 0.05) is 26.0 Å². The molecule has 0 spiro atoms. The number of imidazole rings is 1. The Morgan fingerprint density at radius 2 is 2.12 bits per heavy atom. The standard InChI is InChI=1S/C16H22N4O4S/c1-20-8-7-17-15(20)10-18-13-11-24-14(16(13)21)9-19-25(22,23)12-5-3-2-4-6-12/h2-8,13-14,16,18-19,21H,9-11H2,1H3/t13-,14-,16+/m1/s1. The van der Waals surface area contributed by atoms with Crippen LogP contribution in [0, 0.1) is 0 Å². The Kier molecular flexibility index (Phi) is 5.50. The molecule has 3 rings (SSSR count). The Hall–Kier alpha value is -1.78. The van der Waals surface area contributed by atoms with E-state index in [0.717, 1.165) is 5.82 Å². The van der Waals surface area contributed by atoms with Gasteiger partial charge in [-0.25, -0.2) is 18.1 Å². The maximum absolute atomic E-state index is 12.2. The predicted molar refractivity (Wildman–Crippen MR) is 91.2 cm³/mol. The molecule has 1 aromatic heterocycles. The van der Waals surface area contributed by atoms with E-state index in [4.69, 9.17) is 4.74 Å². The molecule has 0 amide bonds. The zero-order valence-corrected chi connectivity index (χ0v) is 14.7. The summed E-state index contributed by atoms with van der Waals surface area (Å²) in [6.45, 7) is 0.819. The van der Waals surface area contributed by atoms with Crippen molar-refractivity contribution in [2.45, 2.75) is 29.7 Å². The van der Waals surface area contributed by atoms with E-state index in [2.05, 4.69) is 15.0 Å². The summed E-state index contributed by atoms with van der Waals surface area (Å²) in [5.41, 5.74) is 0. The lowest BCUT2D eigenvalue weighted by atomic mass is 10.1. The van der Waals surface area contributed by atoms with Crippen molar-refractivity contribution in [1.29, 1.82) is 0 Å². The van der Waals surface area contributed by atoms with E-state index in [1.807, 2.05) is 17.8 Å². The molecule has 0 unspecified atom stereocenters. The number of benzene rings is 1. The third-order valence-electron chi connectivity index (χ3n) is 4.25. The number of nitrogens with one attached hydrogen (secondary N) is 2. The molecule has 25 heavy (non-hydrogen) atoms. The minimum atomic E-state index is -3.62. The molecule has 3 N–H and O–H groups in total. The molecule has 0 aliphatic carbocycles. The third kappa shape index (κ3) is 4.25. The van der Waals surface area contributed by atoms with E-state index in [1.165, 1.54) is 12.1 Å². The molecule has 9 heteroatoms. The Bertz CT molecular complexity index is 793. The van der Waals surface area contributed by atoms with Crippen molar-refractivity contribution in [3.8, 4) is 0 Å². The molecule has 0 bridgehead atoms. The smallest absolute Gasteiger partial charge is 0.240 e. The molecule has 3 atom stereocenters. The van der Waals surface area contributed by atoms with Crippen LogP contribution in [0.5, 0.6) is 0 Å². The molecule has 0 radical (unpaired) electrons. The van der Waals surface area contributed by atoms with Crippen LogP contribution in [-0.2, 0) is 28.4 Å². The molecular weight excluding hydrogens is 344 g/mol. The van der Waals surface area contributed by atoms with Gasteiger partial charge in [-0.2, -0.15) is 0 Å². The van der Waals surface area contributed by atoms with Crippen LogP contribution in [0.1, 0.15) is 5.82 Å². The molecule has 136 valence electrons. The first-order valence-corrected chi connectivity index (χ1v) is 9.49. The van der Waals surface area contributed by atoms with Gasteiger partial charge in [-0.05, 0) is 12.1 Å². The number of sulfonamides is 1. The number of hydrogen-bond acceptors (Lipinski definition) is 6. The van der Waals surface area contributed by atoms with E-state index in [1.54, 1.807) is 24.4 Å². The number of aliphatic hydroxyl groups is 1. The lowest BCUT2D eigenvalue weighted by Crippen LogP contribution is -2.44. The van der Waals surface area contributed by atoms with Gasteiger partial charge >= 0.3 is 0 Å². The van der Waals surface area contributed by atoms with Gasteiger partial charge in [0.25, 0.3) is 0 Å². The van der Waals surface area contributed by atoms with Gasteiger partial charge in [0.05, 0.1) is 36.3 Å². The summed E-state index contributed by atoms with van der Waals surface area (Å²) in [6, 6.07) is 7.83. The number of aromatic nitrogens is 2. The second kappa shape index (κ2) is 7.63. The third-order valence-corrected chi connectivity index (χ3v) is 5.69. The van der Waals surface area contributed by atoms with Crippen molar-refractivity contribution in [2.24, 2.45) is 7.05 Å². The Morgan fingerprint density at radius 1 is 1.36 bits per heavy atom.